The average molecular weight is 253 g/mol. The number of carboxylic acid groups (broad SMARTS) is 1. The molecule has 0 bridgehead atoms. The van der Waals surface area contributed by atoms with E-state index in [1.165, 1.54) is 6.07 Å². The number of nitrogens with one attached hydrogen (secondary N) is 1. The number of amides is 1. The predicted molar refractivity (Wildman–Crippen MR) is 66.6 cm³/mol. The van der Waals surface area contributed by atoms with Gasteiger partial charge in [0.2, 0.25) is 0 Å². The summed E-state index contributed by atoms with van der Waals surface area (Å²) in [6.45, 7) is 8.86. The Morgan fingerprint density at radius 3 is 2.50 bits per heavy atom. The van der Waals surface area contributed by atoms with Crippen LogP contribution in [0.25, 0.3) is 0 Å². The summed E-state index contributed by atoms with van der Waals surface area (Å²) in [6.07, 6.45) is 1.06. The molecular weight excluding hydrogens is 234 g/mol. The first-order chi connectivity index (χ1) is 8.21. The summed E-state index contributed by atoms with van der Waals surface area (Å²) in [5, 5.41) is 11.4. The third-order valence-electron chi connectivity index (χ3n) is 3.12. The minimum Gasteiger partial charge on any atom is -0.478 e. The number of carboxylic acids is 1. The zero-order valence-electron chi connectivity index (χ0n) is 11.1. The van der Waals surface area contributed by atoms with Crippen LogP contribution >= 0.6 is 0 Å². The van der Waals surface area contributed by atoms with Crippen LogP contribution in [0.5, 0.6) is 0 Å². The Kier molecular flexibility index (Phi) is 4.16. The fraction of sp³-hybridized carbons (Fsp3) is 0.538. The first-order valence-electron chi connectivity index (χ1n) is 5.82. The molecular formula is C13H19NO4. The lowest BCUT2D eigenvalue weighted by Gasteiger charge is -2.27. The highest BCUT2D eigenvalue weighted by molar-refractivity contribution is 5.95. The van der Waals surface area contributed by atoms with Crippen molar-refractivity contribution in [1.82, 2.24) is 5.32 Å². The molecule has 0 spiro atoms. The molecule has 1 heterocycles. The molecule has 100 valence electrons. The first-order valence-corrected chi connectivity index (χ1v) is 5.82. The Hall–Kier alpha value is -1.78. The van der Waals surface area contributed by atoms with Gasteiger partial charge in [0.1, 0.15) is 6.26 Å². The summed E-state index contributed by atoms with van der Waals surface area (Å²) in [5.41, 5.74) is 0.0758. The van der Waals surface area contributed by atoms with Gasteiger partial charge < -0.3 is 14.8 Å². The first kappa shape index (κ1) is 14.3. The Morgan fingerprint density at radius 2 is 2.06 bits per heavy atom. The summed E-state index contributed by atoms with van der Waals surface area (Å²) in [6, 6.07) is 1.22. The van der Waals surface area contributed by atoms with E-state index in [0.717, 1.165) is 6.26 Å². The van der Waals surface area contributed by atoms with Crippen LogP contribution in [-0.4, -0.2) is 23.5 Å². The highest BCUT2D eigenvalue weighted by atomic mass is 16.4. The van der Waals surface area contributed by atoms with Gasteiger partial charge in [-0.05, 0) is 11.3 Å². The molecule has 0 saturated heterocycles. The van der Waals surface area contributed by atoms with E-state index in [9.17, 15) is 9.59 Å². The molecule has 0 radical (unpaired) electrons. The van der Waals surface area contributed by atoms with Crippen molar-refractivity contribution in [2.75, 3.05) is 6.54 Å². The van der Waals surface area contributed by atoms with E-state index in [2.05, 4.69) is 26.1 Å². The molecule has 1 aromatic rings. The lowest BCUT2D eigenvalue weighted by Crippen LogP contribution is -2.33. The maximum Gasteiger partial charge on any atom is 0.338 e. The fourth-order valence-electron chi connectivity index (χ4n) is 1.21. The van der Waals surface area contributed by atoms with E-state index in [0.29, 0.717) is 12.5 Å². The van der Waals surface area contributed by atoms with Crippen molar-refractivity contribution in [3.63, 3.8) is 0 Å². The van der Waals surface area contributed by atoms with E-state index in [1.807, 2.05) is 6.92 Å². The van der Waals surface area contributed by atoms with Crippen molar-refractivity contribution in [3.8, 4) is 0 Å². The lowest BCUT2D eigenvalue weighted by atomic mass is 9.82. The number of rotatable bonds is 4. The number of hydrogen-bond donors (Lipinski definition) is 2. The Balaban J connectivity index is 2.58. The molecule has 2 N–H and O–H groups in total. The van der Waals surface area contributed by atoms with Gasteiger partial charge in [-0.2, -0.15) is 0 Å². The highest BCUT2D eigenvalue weighted by Gasteiger charge is 2.21. The van der Waals surface area contributed by atoms with Crippen LogP contribution in [0.3, 0.4) is 0 Å². The van der Waals surface area contributed by atoms with Crippen molar-refractivity contribution in [2.24, 2.45) is 11.3 Å². The Labute approximate surface area is 106 Å². The second kappa shape index (κ2) is 5.25. The van der Waals surface area contributed by atoms with Gasteiger partial charge in [-0.1, -0.05) is 27.7 Å². The molecule has 1 atom stereocenters. The molecule has 0 aromatic carbocycles. The monoisotopic (exact) mass is 253 g/mol. The van der Waals surface area contributed by atoms with Gasteiger partial charge in [0.25, 0.3) is 5.91 Å². The number of aromatic carboxylic acids is 1. The minimum absolute atomic E-state index is 0.0218. The van der Waals surface area contributed by atoms with Crippen LogP contribution in [0.4, 0.5) is 0 Å². The number of carbonyl (C=O) groups is 2. The van der Waals surface area contributed by atoms with E-state index < -0.39 is 11.9 Å². The second-order valence-electron chi connectivity index (χ2n) is 5.48. The smallest absolute Gasteiger partial charge is 0.338 e. The van der Waals surface area contributed by atoms with Crippen LogP contribution in [0.2, 0.25) is 0 Å². The van der Waals surface area contributed by atoms with E-state index in [1.54, 1.807) is 0 Å². The quantitative estimate of drug-likeness (QED) is 0.863. The standard InChI is InChI=1S/C13H19NO4/c1-8(13(2,3)4)6-14-11(15)10-5-9(7-18-10)12(16)17/h5,7-8H,6H2,1-4H3,(H,14,15)(H,16,17). The molecule has 0 saturated carbocycles. The molecule has 0 fully saturated rings. The molecule has 5 heteroatoms. The summed E-state index contributed by atoms with van der Waals surface area (Å²) < 4.78 is 4.91. The average Bonchev–Trinajstić information content (AvgIpc) is 2.73. The largest absolute Gasteiger partial charge is 0.478 e. The normalized spacial score (nSPS) is 13.1. The number of carbonyl (C=O) groups excluding carboxylic acids is 1. The van der Waals surface area contributed by atoms with Crippen LogP contribution < -0.4 is 5.32 Å². The Bertz CT molecular complexity index is 442. The van der Waals surface area contributed by atoms with Gasteiger partial charge in [-0.3, -0.25) is 4.79 Å². The molecule has 1 amide bonds. The van der Waals surface area contributed by atoms with Crippen LogP contribution in [0.15, 0.2) is 16.7 Å². The highest BCUT2D eigenvalue weighted by Crippen LogP contribution is 2.24. The molecule has 0 aliphatic rings. The summed E-state index contributed by atoms with van der Waals surface area (Å²) >= 11 is 0. The lowest BCUT2D eigenvalue weighted by molar-refractivity contribution is 0.0695. The van der Waals surface area contributed by atoms with Crippen LogP contribution in [0.1, 0.15) is 48.6 Å². The summed E-state index contributed by atoms with van der Waals surface area (Å²) in [7, 11) is 0. The number of hydrogen-bond acceptors (Lipinski definition) is 3. The second-order valence-corrected chi connectivity index (χ2v) is 5.48. The fourth-order valence-corrected chi connectivity index (χ4v) is 1.21. The van der Waals surface area contributed by atoms with Crippen LogP contribution in [-0.2, 0) is 0 Å². The maximum atomic E-state index is 11.7. The van der Waals surface area contributed by atoms with E-state index in [4.69, 9.17) is 9.52 Å². The molecule has 1 rings (SSSR count). The molecule has 0 aliphatic carbocycles. The van der Waals surface area contributed by atoms with E-state index in [-0.39, 0.29) is 16.7 Å². The van der Waals surface area contributed by atoms with Crippen molar-refractivity contribution < 1.29 is 19.1 Å². The van der Waals surface area contributed by atoms with Gasteiger partial charge in [-0.15, -0.1) is 0 Å². The van der Waals surface area contributed by atoms with Gasteiger partial charge >= 0.3 is 5.97 Å². The maximum absolute atomic E-state index is 11.7. The van der Waals surface area contributed by atoms with Gasteiger partial charge in [0.15, 0.2) is 5.76 Å². The van der Waals surface area contributed by atoms with Crippen molar-refractivity contribution in [2.45, 2.75) is 27.7 Å². The molecule has 1 unspecified atom stereocenters. The van der Waals surface area contributed by atoms with E-state index >= 15 is 0 Å². The SMILES string of the molecule is CC(CNC(=O)c1cc(C(=O)O)co1)C(C)(C)C. The van der Waals surface area contributed by atoms with Gasteiger partial charge in [0, 0.05) is 12.6 Å². The molecule has 0 aliphatic heterocycles. The Morgan fingerprint density at radius 1 is 1.44 bits per heavy atom. The zero-order chi connectivity index (χ0) is 13.9. The predicted octanol–water partition coefficient (Wildman–Crippen LogP) is 2.39. The molecule has 18 heavy (non-hydrogen) atoms. The minimum atomic E-state index is -1.11. The van der Waals surface area contributed by atoms with Gasteiger partial charge in [0.05, 0.1) is 5.56 Å². The number of furan rings is 1. The third kappa shape index (κ3) is 3.61. The topological polar surface area (TPSA) is 79.5 Å². The van der Waals surface area contributed by atoms with Crippen molar-refractivity contribution in [1.29, 1.82) is 0 Å². The van der Waals surface area contributed by atoms with Crippen molar-refractivity contribution in [3.05, 3.63) is 23.7 Å². The van der Waals surface area contributed by atoms with Gasteiger partial charge in [-0.25, -0.2) is 4.79 Å². The molecule has 5 nitrogen and oxygen atoms in total. The summed E-state index contributed by atoms with van der Waals surface area (Å²) in [4.78, 5) is 22.4. The van der Waals surface area contributed by atoms with Crippen LogP contribution in [0, 0.1) is 11.3 Å². The zero-order valence-corrected chi connectivity index (χ0v) is 11.1. The van der Waals surface area contributed by atoms with Crippen molar-refractivity contribution >= 4 is 11.9 Å². The third-order valence-corrected chi connectivity index (χ3v) is 3.12. The summed E-state index contributed by atoms with van der Waals surface area (Å²) in [5.74, 6) is -1.18. The molecule has 1 aromatic heterocycles.